The zero-order valence-electron chi connectivity index (χ0n) is 9.83. The Morgan fingerprint density at radius 3 is 3.06 bits per heavy atom. The summed E-state index contributed by atoms with van der Waals surface area (Å²) < 4.78 is 0. The van der Waals surface area contributed by atoms with Crippen molar-refractivity contribution in [2.24, 2.45) is 0 Å². The molecule has 0 aliphatic heterocycles. The molecule has 18 heavy (non-hydrogen) atoms. The quantitative estimate of drug-likeness (QED) is 0.865. The molecular weight excluding hydrogens is 250 g/mol. The summed E-state index contributed by atoms with van der Waals surface area (Å²) in [6.07, 6.45) is 2.30. The van der Waals surface area contributed by atoms with E-state index in [-0.39, 0.29) is 11.7 Å². The second-order valence-electron chi connectivity index (χ2n) is 3.90. The molecule has 94 valence electrons. The van der Waals surface area contributed by atoms with E-state index in [4.69, 9.17) is 5.11 Å². The Hall–Kier alpha value is -1.95. The van der Waals surface area contributed by atoms with Crippen LogP contribution in [0, 0.1) is 0 Å². The lowest BCUT2D eigenvalue weighted by molar-refractivity contribution is 0.0690. The zero-order chi connectivity index (χ0) is 13.0. The van der Waals surface area contributed by atoms with Crippen molar-refractivity contribution < 1.29 is 9.90 Å². The van der Waals surface area contributed by atoms with Crippen LogP contribution in [0.25, 0.3) is 0 Å². The average molecular weight is 263 g/mol. The predicted molar refractivity (Wildman–Crippen MR) is 70.1 cm³/mol. The number of hydrogen-bond acceptors (Lipinski definition) is 5. The molecule has 0 aromatic carbocycles. The van der Waals surface area contributed by atoms with E-state index < -0.39 is 5.97 Å². The molecule has 2 aromatic heterocycles. The van der Waals surface area contributed by atoms with E-state index in [0.717, 1.165) is 6.42 Å². The van der Waals surface area contributed by atoms with Crippen molar-refractivity contribution in [1.82, 2.24) is 9.97 Å². The van der Waals surface area contributed by atoms with Gasteiger partial charge in [-0.05, 0) is 24.4 Å². The maximum absolute atomic E-state index is 10.8. The summed E-state index contributed by atoms with van der Waals surface area (Å²) in [4.78, 5) is 20.0. The van der Waals surface area contributed by atoms with Gasteiger partial charge in [-0.3, -0.25) is 0 Å². The van der Waals surface area contributed by atoms with Gasteiger partial charge in [0.2, 0.25) is 5.95 Å². The second kappa shape index (κ2) is 5.59. The molecule has 0 bridgehead atoms. The highest BCUT2D eigenvalue weighted by Gasteiger charge is 2.09. The number of anilines is 1. The predicted octanol–water partition coefficient (Wildman–Crippen LogP) is 2.28. The maximum Gasteiger partial charge on any atom is 0.354 e. The van der Waals surface area contributed by atoms with Crippen LogP contribution in [0.3, 0.4) is 0 Å². The van der Waals surface area contributed by atoms with E-state index >= 15 is 0 Å². The first-order valence-corrected chi connectivity index (χ1v) is 6.38. The minimum atomic E-state index is -1.05. The fourth-order valence-electron chi connectivity index (χ4n) is 1.55. The largest absolute Gasteiger partial charge is 0.477 e. The van der Waals surface area contributed by atoms with Crippen LogP contribution in [-0.2, 0) is 6.42 Å². The molecule has 2 heterocycles. The van der Waals surface area contributed by atoms with E-state index in [1.54, 1.807) is 11.3 Å². The number of rotatable bonds is 5. The molecule has 0 saturated heterocycles. The molecule has 2 rings (SSSR count). The van der Waals surface area contributed by atoms with E-state index in [0.29, 0.717) is 5.95 Å². The molecule has 6 heteroatoms. The zero-order valence-corrected chi connectivity index (χ0v) is 10.6. The van der Waals surface area contributed by atoms with Crippen molar-refractivity contribution in [3.05, 3.63) is 40.3 Å². The SMILES string of the molecule is CC(Cc1cccs1)Nc1nccc(C(=O)O)n1. The van der Waals surface area contributed by atoms with Gasteiger partial charge in [-0.15, -0.1) is 11.3 Å². The van der Waals surface area contributed by atoms with Crippen molar-refractivity contribution in [3.63, 3.8) is 0 Å². The fourth-order valence-corrected chi connectivity index (χ4v) is 2.38. The Morgan fingerprint density at radius 2 is 2.39 bits per heavy atom. The summed E-state index contributed by atoms with van der Waals surface area (Å²) in [6, 6.07) is 5.59. The van der Waals surface area contributed by atoms with Gasteiger partial charge in [0.25, 0.3) is 0 Å². The first-order chi connectivity index (χ1) is 8.65. The number of thiophene rings is 1. The number of aromatic nitrogens is 2. The van der Waals surface area contributed by atoms with Gasteiger partial charge in [0.1, 0.15) is 0 Å². The molecule has 0 radical (unpaired) electrons. The van der Waals surface area contributed by atoms with Crippen molar-refractivity contribution in [3.8, 4) is 0 Å². The van der Waals surface area contributed by atoms with Crippen LogP contribution < -0.4 is 5.32 Å². The summed E-state index contributed by atoms with van der Waals surface area (Å²) in [5, 5.41) is 14.0. The van der Waals surface area contributed by atoms with Gasteiger partial charge in [-0.2, -0.15) is 0 Å². The molecule has 5 nitrogen and oxygen atoms in total. The fraction of sp³-hybridized carbons (Fsp3) is 0.250. The number of carbonyl (C=O) groups is 1. The van der Waals surface area contributed by atoms with Crippen molar-refractivity contribution in [2.45, 2.75) is 19.4 Å². The topological polar surface area (TPSA) is 75.1 Å². The van der Waals surface area contributed by atoms with Crippen LogP contribution in [0.5, 0.6) is 0 Å². The Labute approximate surface area is 109 Å². The first-order valence-electron chi connectivity index (χ1n) is 5.50. The maximum atomic E-state index is 10.8. The molecule has 1 unspecified atom stereocenters. The van der Waals surface area contributed by atoms with Crippen molar-refractivity contribution in [2.75, 3.05) is 5.32 Å². The monoisotopic (exact) mass is 263 g/mol. The number of carboxylic acid groups (broad SMARTS) is 1. The van der Waals surface area contributed by atoms with E-state index in [1.165, 1.54) is 17.1 Å². The Bertz CT molecular complexity index is 528. The van der Waals surface area contributed by atoms with Crippen molar-refractivity contribution >= 4 is 23.3 Å². The summed E-state index contributed by atoms with van der Waals surface area (Å²) in [5.41, 5.74) is -0.00387. The lowest BCUT2D eigenvalue weighted by Gasteiger charge is -2.12. The summed E-state index contributed by atoms with van der Waals surface area (Å²) in [6.45, 7) is 2.01. The molecule has 0 aliphatic carbocycles. The van der Waals surface area contributed by atoms with Crippen LogP contribution in [-0.4, -0.2) is 27.1 Å². The van der Waals surface area contributed by atoms with E-state index in [2.05, 4.69) is 21.4 Å². The van der Waals surface area contributed by atoms with Gasteiger partial charge in [-0.1, -0.05) is 6.07 Å². The van der Waals surface area contributed by atoms with Gasteiger partial charge in [-0.25, -0.2) is 14.8 Å². The Morgan fingerprint density at radius 1 is 1.56 bits per heavy atom. The summed E-state index contributed by atoms with van der Waals surface area (Å²) >= 11 is 1.69. The summed E-state index contributed by atoms with van der Waals surface area (Å²) in [5.74, 6) is -0.703. The van der Waals surface area contributed by atoms with Crippen molar-refractivity contribution in [1.29, 1.82) is 0 Å². The Kier molecular flexibility index (Phi) is 3.88. The number of aromatic carboxylic acids is 1. The standard InChI is InChI=1S/C12H13N3O2S/c1-8(7-9-3-2-6-18-9)14-12-13-5-4-10(15-12)11(16)17/h2-6,8H,7H2,1H3,(H,16,17)(H,13,14,15). The van der Waals surface area contributed by atoms with Crippen LogP contribution >= 0.6 is 11.3 Å². The molecule has 0 aliphatic rings. The number of hydrogen-bond donors (Lipinski definition) is 2. The second-order valence-corrected chi connectivity index (χ2v) is 4.93. The van der Waals surface area contributed by atoms with Gasteiger partial charge in [0.15, 0.2) is 5.69 Å². The molecule has 0 saturated carbocycles. The Balaban J connectivity index is 2.00. The van der Waals surface area contributed by atoms with Gasteiger partial charge < -0.3 is 10.4 Å². The van der Waals surface area contributed by atoms with Crippen LogP contribution in [0.15, 0.2) is 29.8 Å². The van der Waals surface area contributed by atoms with Gasteiger partial charge >= 0.3 is 5.97 Å². The number of carboxylic acids is 1. The third-order valence-corrected chi connectivity index (χ3v) is 3.24. The molecule has 0 fully saturated rings. The van der Waals surface area contributed by atoms with Crippen LogP contribution in [0.4, 0.5) is 5.95 Å². The molecule has 2 aromatic rings. The van der Waals surface area contributed by atoms with Crippen LogP contribution in [0.2, 0.25) is 0 Å². The highest BCUT2D eigenvalue weighted by Crippen LogP contribution is 2.13. The average Bonchev–Trinajstić information content (AvgIpc) is 2.82. The minimum Gasteiger partial charge on any atom is -0.477 e. The molecule has 1 atom stereocenters. The lowest BCUT2D eigenvalue weighted by atomic mass is 10.2. The molecule has 0 spiro atoms. The third-order valence-electron chi connectivity index (χ3n) is 2.34. The molecule has 2 N–H and O–H groups in total. The molecular formula is C12H13N3O2S. The molecule has 0 amide bonds. The smallest absolute Gasteiger partial charge is 0.354 e. The lowest BCUT2D eigenvalue weighted by Crippen LogP contribution is -2.20. The highest BCUT2D eigenvalue weighted by atomic mass is 32.1. The van der Waals surface area contributed by atoms with Crippen LogP contribution in [0.1, 0.15) is 22.3 Å². The van der Waals surface area contributed by atoms with Gasteiger partial charge in [0.05, 0.1) is 0 Å². The summed E-state index contributed by atoms with van der Waals surface area (Å²) in [7, 11) is 0. The highest BCUT2D eigenvalue weighted by molar-refractivity contribution is 7.09. The first kappa shape index (κ1) is 12.5. The number of nitrogens with one attached hydrogen (secondary N) is 1. The van der Waals surface area contributed by atoms with E-state index in [1.807, 2.05) is 18.4 Å². The minimum absolute atomic E-state index is 0.00387. The third kappa shape index (κ3) is 3.27. The normalized spacial score (nSPS) is 12.1. The number of nitrogens with zero attached hydrogens (tertiary/aromatic N) is 2. The van der Waals surface area contributed by atoms with E-state index in [9.17, 15) is 4.79 Å². The van der Waals surface area contributed by atoms with Gasteiger partial charge in [0, 0.05) is 23.5 Å².